The molecular formula is C11H10O3Se. The Balaban J connectivity index is 2.60. The molecule has 0 aliphatic heterocycles. The molecule has 2 aromatic rings. The molecule has 0 amide bonds. The summed E-state index contributed by atoms with van der Waals surface area (Å²) in [5, 5.41) is 0.926. The minimum atomic E-state index is -0.296. The third kappa shape index (κ3) is 1.91. The van der Waals surface area contributed by atoms with Crippen LogP contribution in [-0.2, 0) is 4.79 Å². The molecule has 1 heterocycles. The minimum absolute atomic E-state index is 0.231. The van der Waals surface area contributed by atoms with Gasteiger partial charge in [0.05, 0.1) is 0 Å². The van der Waals surface area contributed by atoms with Crippen molar-refractivity contribution in [3.63, 3.8) is 0 Å². The molecule has 0 unspecified atom stereocenters. The van der Waals surface area contributed by atoms with Crippen molar-refractivity contribution in [1.29, 1.82) is 0 Å². The van der Waals surface area contributed by atoms with Crippen molar-refractivity contribution in [2.24, 2.45) is 0 Å². The zero-order chi connectivity index (χ0) is 10.8. The van der Waals surface area contributed by atoms with E-state index >= 15 is 0 Å². The van der Waals surface area contributed by atoms with Crippen LogP contribution in [0.1, 0.15) is 6.92 Å². The second kappa shape index (κ2) is 4.09. The van der Waals surface area contributed by atoms with E-state index in [-0.39, 0.29) is 20.5 Å². The Morgan fingerprint density at radius 3 is 2.80 bits per heavy atom. The summed E-state index contributed by atoms with van der Waals surface area (Å²) < 4.78 is 11.6. The van der Waals surface area contributed by atoms with Crippen molar-refractivity contribution < 1.29 is 14.3 Å². The fourth-order valence-electron chi connectivity index (χ4n) is 1.43. The first kappa shape index (κ1) is 10.3. The third-order valence-electron chi connectivity index (χ3n) is 2.00. The Bertz CT molecular complexity index is 502. The van der Waals surface area contributed by atoms with Gasteiger partial charge in [0.15, 0.2) is 0 Å². The summed E-state index contributed by atoms with van der Waals surface area (Å²) in [6.07, 6.45) is 0. The van der Waals surface area contributed by atoms with Crippen LogP contribution in [0.2, 0.25) is 0 Å². The van der Waals surface area contributed by atoms with E-state index in [2.05, 4.69) is 0 Å². The summed E-state index contributed by atoms with van der Waals surface area (Å²) in [5.74, 6) is 1.10. The molecule has 0 saturated carbocycles. The second-order valence-corrected chi connectivity index (χ2v) is 4.94. The van der Waals surface area contributed by atoms with Crippen molar-refractivity contribution in [2.75, 3.05) is 7.11 Å². The normalized spacial score (nSPS) is 10.3. The topological polar surface area (TPSA) is 35.5 Å². The molecule has 0 atom stereocenters. The number of hydrogen-bond acceptors (Lipinski definition) is 3. The Morgan fingerprint density at radius 2 is 2.13 bits per heavy atom. The average molecular weight is 269 g/mol. The molecule has 0 aliphatic carbocycles. The number of fused-ring (bicyclic) bond motifs is 1. The molecule has 1 aromatic heterocycles. The Labute approximate surface area is 93.4 Å². The second-order valence-electron chi connectivity index (χ2n) is 3.03. The number of ether oxygens (including phenoxy) is 2. The molecule has 0 bridgehead atoms. The van der Waals surface area contributed by atoms with Crippen molar-refractivity contribution in [3.05, 3.63) is 23.1 Å². The number of methoxy groups -OCH3 is 1. The van der Waals surface area contributed by atoms with Gasteiger partial charge in [0.25, 0.3) is 0 Å². The molecule has 0 spiro atoms. The van der Waals surface area contributed by atoms with Crippen LogP contribution >= 0.6 is 0 Å². The summed E-state index contributed by atoms with van der Waals surface area (Å²) in [5.41, 5.74) is 0. The first-order valence-corrected chi connectivity index (χ1v) is 6.29. The monoisotopic (exact) mass is 270 g/mol. The van der Waals surface area contributed by atoms with Gasteiger partial charge in [-0.2, -0.15) is 0 Å². The summed E-state index contributed by atoms with van der Waals surface area (Å²) >= 11 is 0.231. The number of hydrogen-bond donors (Lipinski definition) is 0. The van der Waals surface area contributed by atoms with E-state index in [0.29, 0.717) is 5.75 Å². The molecule has 15 heavy (non-hydrogen) atoms. The van der Waals surface area contributed by atoms with E-state index in [4.69, 9.17) is 9.47 Å². The van der Waals surface area contributed by atoms with Crippen LogP contribution in [-0.4, -0.2) is 27.6 Å². The number of carbonyl (C=O) groups is 1. The van der Waals surface area contributed by atoms with Crippen LogP contribution in [0.5, 0.6) is 11.5 Å². The van der Waals surface area contributed by atoms with Gasteiger partial charge in [0, 0.05) is 0 Å². The Hall–Kier alpha value is -1.25. The van der Waals surface area contributed by atoms with Crippen LogP contribution in [0.15, 0.2) is 23.1 Å². The SMILES string of the molecule is COc1cccc2[se]cc(OC(C)=O)c12. The summed E-state index contributed by atoms with van der Waals surface area (Å²) in [4.78, 5) is 12.9. The van der Waals surface area contributed by atoms with Gasteiger partial charge >= 0.3 is 93.1 Å². The zero-order valence-electron chi connectivity index (χ0n) is 8.44. The summed E-state index contributed by atoms with van der Waals surface area (Å²) in [6, 6.07) is 5.85. The number of benzene rings is 1. The molecule has 4 heteroatoms. The molecule has 3 nitrogen and oxygen atoms in total. The van der Waals surface area contributed by atoms with Crippen LogP contribution in [0, 0.1) is 0 Å². The van der Waals surface area contributed by atoms with Crippen LogP contribution in [0.4, 0.5) is 0 Å². The van der Waals surface area contributed by atoms with Gasteiger partial charge in [-0.3, -0.25) is 0 Å². The molecule has 0 aliphatic rings. The number of carbonyl (C=O) groups excluding carboxylic acids is 1. The fraction of sp³-hybridized carbons (Fsp3) is 0.182. The molecule has 1 aromatic carbocycles. The van der Waals surface area contributed by atoms with Gasteiger partial charge in [-0.25, -0.2) is 0 Å². The maximum atomic E-state index is 10.9. The number of esters is 1. The van der Waals surface area contributed by atoms with Crippen molar-refractivity contribution in [3.8, 4) is 11.5 Å². The fourth-order valence-corrected chi connectivity index (χ4v) is 3.27. The van der Waals surface area contributed by atoms with Crippen LogP contribution in [0.25, 0.3) is 9.65 Å². The summed E-state index contributed by atoms with van der Waals surface area (Å²) in [7, 11) is 1.62. The van der Waals surface area contributed by atoms with Gasteiger partial charge in [0.2, 0.25) is 0 Å². The molecule has 2 rings (SSSR count). The Kier molecular flexibility index (Phi) is 2.80. The molecule has 0 fully saturated rings. The maximum absolute atomic E-state index is 10.9. The average Bonchev–Trinajstić information content (AvgIpc) is 2.61. The van der Waals surface area contributed by atoms with E-state index < -0.39 is 0 Å². The van der Waals surface area contributed by atoms with Crippen molar-refractivity contribution >= 4 is 30.1 Å². The summed E-state index contributed by atoms with van der Waals surface area (Å²) in [6.45, 7) is 1.40. The Morgan fingerprint density at radius 1 is 1.33 bits per heavy atom. The van der Waals surface area contributed by atoms with E-state index in [1.165, 1.54) is 11.2 Å². The van der Waals surface area contributed by atoms with E-state index in [0.717, 1.165) is 11.1 Å². The third-order valence-corrected chi connectivity index (χ3v) is 3.94. The quantitative estimate of drug-likeness (QED) is 0.616. The van der Waals surface area contributed by atoms with Crippen LogP contribution in [0.3, 0.4) is 0 Å². The van der Waals surface area contributed by atoms with E-state index in [1.807, 2.05) is 23.1 Å². The van der Waals surface area contributed by atoms with E-state index in [1.54, 1.807) is 7.11 Å². The van der Waals surface area contributed by atoms with Crippen molar-refractivity contribution in [1.82, 2.24) is 0 Å². The molecule has 0 radical (unpaired) electrons. The van der Waals surface area contributed by atoms with Gasteiger partial charge < -0.3 is 0 Å². The predicted octanol–water partition coefficient (Wildman–Crippen LogP) is 1.83. The molecule has 78 valence electrons. The van der Waals surface area contributed by atoms with Gasteiger partial charge in [-0.1, -0.05) is 0 Å². The standard InChI is InChI=1S/C11H10O3Se/c1-7(12)14-9-6-15-10-5-3-4-8(13-2)11(9)10/h3-6H,1-2H3. The van der Waals surface area contributed by atoms with Crippen LogP contribution < -0.4 is 9.47 Å². The van der Waals surface area contributed by atoms with Gasteiger partial charge in [-0.05, 0) is 0 Å². The first-order chi connectivity index (χ1) is 7.22. The van der Waals surface area contributed by atoms with Gasteiger partial charge in [0.1, 0.15) is 0 Å². The zero-order valence-corrected chi connectivity index (χ0v) is 10.2. The molecule has 0 saturated heterocycles. The van der Waals surface area contributed by atoms with Gasteiger partial charge in [-0.15, -0.1) is 0 Å². The molecular weight excluding hydrogens is 259 g/mol. The first-order valence-electron chi connectivity index (χ1n) is 4.45. The molecule has 0 N–H and O–H groups in total. The number of rotatable bonds is 2. The van der Waals surface area contributed by atoms with Crippen molar-refractivity contribution in [2.45, 2.75) is 6.92 Å². The van der Waals surface area contributed by atoms with E-state index in [9.17, 15) is 4.79 Å². The predicted molar refractivity (Wildman–Crippen MR) is 58.7 cm³/mol.